The zero-order valence-electron chi connectivity index (χ0n) is 8.97. The summed E-state index contributed by atoms with van der Waals surface area (Å²) in [5.41, 5.74) is -0.147. The van der Waals surface area contributed by atoms with E-state index in [4.69, 9.17) is 26.2 Å². The molecule has 7 heteroatoms. The summed E-state index contributed by atoms with van der Waals surface area (Å²) in [6.07, 6.45) is 0. The molecule has 0 amide bonds. The predicted octanol–water partition coefficient (Wildman–Crippen LogP) is 1.58. The van der Waals surface area contributed by atoms with Crippen LogP contribution in [0.15, 0.2) is 18.2 Å². The van der Waals surface area contributed by atoms with E-state index in [0.717, 1.165) is 0 Å². The second kappa shape index (κ2) is 6.93. The molecule has 0 spiro atoms. The Kier molecular flexibility index (Phi) is 5.51. The van der Waals surface area contributed by atoms with Crippen molar-refractivity contribution in [3.8, 4) is 11.5 Å². The minimum atomic E-state index is -0.542. The minimum absolute atomic E-state index is 0.103. The van der Waals surface area contributed by atoms with Gasteiger partial charge >= 0.3 is 5.69 Å². The van der Waals surface area contributed by atoms with Crippen LogP contribution in [0.3, 0.4) is 0 Å². The fourth-order valence-corrected chi connectivity index (χ4v) is 1.24. The molecule has 0 unspecified atom stereocenters. The van der Waals surface area contributed by atoms with E-state index >= 15 is 0 Å². The molecular weight excluding hydrogens is 250 g/mol. The van der Waals surface area contributed by atoms with Crippen molar-refractivity contribution in [2.75, 3.05) is 25.7 Å². The maximum atomic E-state index is 10.7. The molecule has 0 heterocycles. The molecule has 1 aromatic carbocycles. The van der Waals surface area contributed by atoms with Gasteiger partial charge in [0, 0.05) is 12.1 Å². The maximum absolute atomic E-state index is 10.7. The number of nitrogens with zero attached hydrogens (tertiary/aromatic N) is 1. The number of ether oxygens (including phenoxy) is 2. The van der Waals surface area contributed by atoms with E-state index in [0.29, 0.717) is 5.75 Å². The van der Waals surface area contributed by atoms with Crippen molar-refractivity contribution in [1.82, 2.24) is 0 Å². The molecule has 0 fully saturated rings. The smallest absolute Gasteiger partial charge is 0.311 e. The number of alkyl halides is 1. The van der Waals surface area contributed by atoms with Gasteiger partial charge < -0.3 is 14.6 Å². The van der Waals surface area contributed by atoms with Crippen molar-refractivity contribution in [2.45, 2.75) is 0 Å². The molecule has 0 saturated heterocycles. The summed E-state index contributed by atoms with van der Waals surface area (Å²) in [5, 5.41) is 19.3. The third-order valence-corrected chi connectivity index (χ3v) is 1.98. The molecule has 94 valence electrons. The van der Waals surface area contributed by atoms with Gasteiger partial charge in [0.05, 0.1) is 17.4 Å². The largest absolute Gasteiger partial charge is 0.491 e. The number of rotatable bonds is 7. The van der Waals surface area contributed by atoms with Gasteiger partial charge in [0.2, 0.25) is 5.75 Å². The molecule has 0 aromatic heterocycles. The van der Waals surface area contributed by atoms with Gasteiger partial charge in [-0.2, -0.15) is 0 Å². The summed E-state index contributed by atoms with van der Waals surface area (Å²) in [7, 11) is 0. The number of hydrogen-bond acceptors (Lipinski definition) is 5. The van der Waals surface area contributed by atoms with Gasteiger partial charge in [-0.1, -0.05) is 0 Å². The Bertz CT molecular complexity index is 385. The van der Waals surface area contributed by atoms with Crippen molar-refractivity contribution >= 4 is 17.3 Å². The fourth-order valence-electron chi connectivity index (χ4n) is 1.16. The van der Waals surface area contributed by atoms with Crippen LogP contribution < -0.4 is 9.47 Å². The topological polar surface area (TPSA) is 81.8 Å². The van der Waals surface area contributed by atoms with Crippen molar-refractivity contribution < 1.29 is 19.5 Å². The van der Waals surface area contributed by atoms with Crippen molar-refractivity contribution in [3.05, 3.63) is 28.3 Å². The fraction of sp³-hybridized carbons (Fsp3) is 0.400. The summed E-state index contributed by atoms with van der Waals surface area (Å²) in [6, 6.07) is 4.14. The van der Waals surface area contributed by atoms with Crippen LogP contribution >= 0.6 is 11.6 Å². The average molecular weight is 262 g/mol. The Morgan fingerprint density at radius 1 is 1.35 bits per heavy atom. The van der Waals surface area contributed by atoms with Crippen LogP contribution in [0.25, 0.3) is 0 Å². The van der Waals surface area contributed by atoms with Crippen LogP contribution in [0, 0.1) is 10.1 Å². The monoisotopic (exact) mass is 261 g/mol. The van der Waals surface area contributed by atoms with Crippen molar-refractivity contribution in [3.63, 3.8) is 0 Å². The molecule has 1 rings (SSSR count). The van der Waals surface area contributed by atoms with Crippen LogP contribution in [0.4, 0.5) is 5.69 Å². The molecule has 0 saturated carbocycles. The highest BCUT2D eigenvalue weighted by atomic mass is 35.5. The van der Waals surface area contributed by atoms with E-state index < -0.39 is 4.92 Å². The Morgan fingerprint density at radius 2 is 2.12 bits per heavy atom. The summed E-state index contributed by atoms with van der Waals surface area (Å²) in [6.45, 7) is 0.160. The molecule has 6 nitrogen and oxygen atoms in total. The quantitative estimate of drug-likeness (QED) is 0.458. The first-order valence-corrected chi connectivity index (χ1v) is 5.43. The first-order chi connectivity index (χ1) is 8.19. The second-order valence-electron chi connectivity index (χ2n) is 3.00. The zero-order chi connectivity index (χ0) is 12.7. The third kappa shape index (κ3) is 4.08. The van der Waals surface area contributed by atoms with Crippen molar-refractivity contribution in [1.29, 1.82) is 0 Å². The molecule has 0 atom stereocenters. The van der Waals surface area contributed by atoms with Gasteiger partial charge in [-0.05, 0) is 6.07 Å². The number of hydrogen-bond donors (Lipinski definition) is 1. The molecule has 0 bridgehead atoms. The molecule has 0 aliphatic rings. The maximum Gasteiger partial charge on any atom is 0.311 e. The van der Waals surface area contributed by atoms with E-state index in [1.165, 1.54) is 18.2 Å². The lowest BCUT2D eigenvalue weighted by Gasteiger charge is -2.08. The van der Waals surface area contributed by atoms with Crippen LogP contribution in [-0.4, -0.2) is 35.7 Å². The number of aliphatic hydroxyl groups excluding tert-OH is 1. The molecule has 0 aliphatic carbocycles. The van der Waals surface area contributed by atoms with E-state index in [-0.39, 0.29) is 37.1 Å². The Hall–Kier alpha value is -1.53. The lowest BCUT2D eigenvalue weighted by atomic mass is 10.3. The Morgan fingerprint density at radius 3 is 2.71 bits per heavy atom. The molecule has 17 heavy (non-hydrogen) atoms. The van der Waals surface area contributed by atoms with Gasteiger partial charge in [0.1, 0.15) is 19.0 Å². The summed E-state index contributed by atoms with van der Waals surface area (Å²) in [5.74, 6) is 0.735. The first kappa shape index (κ1) is 13.5. The lowest BCUT2D eigenvalue weighted by molar-refractivity contribution is -0.385. The first-order valence-electron chi connectivity index (χ1n) is 4.90. The van der Waals surface area contributed by atoms with Crippen LogP contribution in [-0.2, 0) is 0 Å². The number of halogens is 1. The number of benzene rings is 1. The molecule has 0 aliphatic heterocycles. The highest BCUT2D eigenvalue weighted by Gasteiger charge is 2.15. The van der Waals surface area contributed by atoms with E-state index in [1.54, 1.807) is 0 Å². The number of nitro benzene ring substituents is 1. The van der Waals surface area contributed by atoms with E-state index in [2.05, 4.69) is 0 Å². The van der Waals surface area contributed by atoms with Crippen LogP contribution in [0.2, 0.25) is 0 Å². The van der Waals surface area contributed by atoms with Gasteiger partial charge in [-0.25, -0.2) is 0 Å². The van der Waals surface area contributed by atoms with E-state index in [1.807, 2.05) is 0 Å². The molecular formula is C10H12ClNO5. The summed E-state index contributed by atoms with van der Waals surface area (Å²) < 4.78 is 10.3. The Balaban J connectivity index is 2.88. The summed E-state index contributed by atoms with van der Waals surface area (Å²) in [4.78, 5) is 10.2. The third-order valence-electron chi connectivity index (χ3n) is 1.82. The van der Waals surface area contributed by atoms with Crippen LogP contribution in [0.5, 0.6) is 11.5 Å². The Labute approximate surface area is 103 Å². The van der Waals surface area contributed by atoms with Gasteiger partial charge in [-0.15, -0.1) is 11.6 Å². The summed E-state index contributed by atoms with van der Waals surface area (Å²) >= 11 is 5.45. The highest BCUT2D eigenvalue weighted by Crippen LogP contribution is 2.31. The molecule has 1 aromatic rings. The van der Waals surface area contributed by atoms with Gasteiger partial charge in [0.15, 0.2) is 0 Å². The number of nitro groups is 1. The highest BCUT2D eigenvalue weighted by molar-refractivity contribution is 6.18. The molecule has 0 radical (unpaired) electrons. The van der Waals surface area contributed by atoms with Gasteiger partial charge in [-0.3, -0.25) is 10.1 Å². The van der Waals surface area contributed by atoms with Gasteiger partial charge in [0.25, 0.3) is 0 Å². The minimum Gasteiger partial charge on any atom is -0.491 e. The molecule has 1 N–H and O–H groups in total. The second-order valence-corrected chi connectivity index (χ2v) is 3.37. The van der Waals surface area contributed by atoms with Crippen LogP contribution in [0.1, 0.15) is 0 Å². The standard InChI is InChI=1S/C10H12ClNO5/c11-3-5-17-10-7-8(16-6-4-13)1-2-9(10)12(14)15/h1-2,7,13H,3-6H2. The predicted molar refractivity (Wildman–Crippen MR) is 61.9 cm³/mol. The SMILES string of the molecule is O=[N+]([O-])c1ccc(OCCO)cc1OCCCl. The lowest BCUT2D eigenvalue weighted by Crippen LogP contribution is -2.04. The van der Waals surface area contributed by atoms with E-state index in [9.17, 15) is 10.1 Å². The average Bonchev–Trinajstić information content (AvgIpc) is 2.33. The normalized spacial score (nSPS) is 10.0. The van der Waals surface area contributed by atoms with Crippen molar-refractivity contribution in [2.24, 2.45) is 0 Å². The number of aliphatic hydroxyl groups is 1. The zero-order valence-corrected chi connectivity index (χ0v) is 9.72.